The highest BCUT2D eigenvalue weighted by molar-refractivity contribution is 8.00. The predicted molar refractivity (Wildman–Crippen MR) is 82.2 cm³/mol. The van der Waals surface area contributed by atoms with Crippen LogP contribution in [0.3, 0.4) is 0 Å². The summed E-state index contributed by atoms with van der Waals surface area (Å²) in [5.74, 6) is 1.06. The van der Waals surface area contributed by atoms with Gasteiger partial charge in [-0.2, -0.15) is 11.8 Å². The second-order valence-electron chi connectivity index (χ2n) is 5.52. The van der Waals surface area contributed by atoms with Crippen molar-refractivity contribution in [3.05, 3.63) is 23.8 Å². The molecule has 0 aliphatic carbocycles. The molecule has 0 saturated carbocycles. The zero-order valence-electron chi connectivity index (χ0n) is 11.7. The van der Waals surface area contributed by atoms with Gasteiger partial charge in [0, 0.05) is 42.2 Å². The number of fused-ring (bicyclic) bond motifs is 1. The lowest BCUT2D eigenvalue weighted by Gasteiger charge is -2.35. The molecule has 3 nitrogen and oxygen atoms in total. The van der Waals surface area contributed by atoms with Crippen molar-refractivity contribution in [2.75, 3.05) is 31.6 Å². The van der Waals surface area contributed by atoms with Crippen LogP contribution in [0.25, 0.3) is 0 Å². The van der Waals surface area contributed by atoms with Gasteiger partial charge >= 0.3 is 0 Å². The number of thioether (sulfide) groups is 1. The summed E-state index contributed by atoms with van der Waals surface area (Å²) in [6, 6.07) is 6.43. The maximum atomic E-state index is 5.86. The Morgan fingerprint density at radius 1 is 1.32 bits per heavy atom. The van der Waals surface area contributed by atoms with Gasteiger partial charge in [-0.05, 0) is 6.07 Å². The van der Waals surface area contributed by atoms with Crippen molar-refractivity contribution in [2.45, 2.75) is 30.9 Å². The van der Waals surface area contributed by atoms with Crippen LogP contribution < -0.4 is 10.1 Å². The van der Waals surface area contributed by atoms with Crippen LogP contribution in [-0.4, -0.2) is 41.6 Å². The highest BCUT2D eigenvalue weighted by atomic mass is 32.2. The van der Waals surface area contributed by atoms with Crippen molar-refractivity contribution in [2.24, 2.45) is 0 Å². The number of hydrogen-bond donors (Lipinski definition) is 1. The molecule has 2 heterocycles. The molecular formula is C15H22N2OS. The molecule has 0 radical (unpaired) electrons. The number of rotatable bonds is 2. The van der Waals surface area contributed by atoms with Gasteiger partial charge in [0.2, 0.25) is 0 Å². The first kappa shape index (κ1) is 13.1. The summed E-state index contributed by atoms with van der Waals surface area (Å²) in [7, 11) is 0. The van der Waals surface area contributed by atoms with Crippen molar-refractivity contribution < 1.29 is 4.74 Å². The Hall–Kier alpha value is -0.870. The van der Waals surface area contributed by atoms with Crippen LogP contribution in [0.5, 0.6) is 5.75 Å². The Morgan fingerprint density at radius 2 is 2.11 bits per heavy atom. The van der Waals surface area contributed by atoms with Crippen LogP contribution in [0, 0.1) is 0 Å². The van der Waals surface area contributed by atoms with E-state index in [1.165, 1.54) is 18.7 Å². The summed E-state index contributed by atoms with van der Waals surface area (Å²) in [5.41, 5.74) is 2.47. The molecule has 0 bridgehead atoms. The summed E-state index contributed by atoms with van der Waals surface area (Å²) in [6.45, 7) is 9.67. The number of hydrogen-bond acceptors (Lipinski definition) is 4. The maximum Gasteiger partial charge on any atom is 0.146 e. The molecule has 1 saturated heterocycles. The van der Waals surface area contributed by atoms with Crippen molar-refractivity contribution in [3.63, 3.8) is 0 Å². The van der Waals surface area contributed by atoms with Crippen LogP contribution in [0.4, 0.5) is 5.69 Å². The van der Waals surface area contributed by atoms with E-state index in [9.17, 15) is 0 Å². The summed E-state index contributed by atoms with van der Waals surface area (Å²) in [5, 5.41) is 4.86. The second kappa shape index (κ2) is 5.63. The van der Waals surface area contributed by atoms with E-state index < -0.39 is 0 Å². The first-order valence-electron chi connectivity index (χ1n) is 7.09. The fourth-order valence-corrected chi connectivity index (χ4v) is 4.40. The minimum Gasteiger partial charge on any atom is -0.489 e. The topological polar surface area (TPSA) is 24.5 Å². The van der Waals surface area contributed by atoms with Crippen LogP contribution in [0.15, 0.2) is 18.2 Å². The van der Waals surface area contributed by atoms with Gasteiger partial charge in [0.05, 0.1) is 5.69 Å². The van der Waals surface area contributed by atoms with Crippen molar-refractivity contribution in [1.82, 2.24) is 4.90 Å². The highest BCUT2D eigenvalue weighted by Gasteiger charge is 2.24. The minimum atomic E-state index is 0.724. The lowest BCUT2D eigenvalue weighted by molar-refractivity contribution is 0.253. The van der Waals surface area contributed by atoms with E-state index in [4.69, 9.17) is 4.74 Å². The van der Waals surface area contributed by atoms with Gasteiger partial charge in [-0.3, -0.25) is 4.90 Å². The molecule has 2 aliphatic heterocycles. The van der Waals surface area contributed by atoms with E-state index in [0.29, 0.717) is 0 Å². The molecule has 2 unspecified atom stereocenters. The Labute approximate surface area is 119 Å². The Morgan fingerprint density at radius 3 is 2.89 bits per heavy atom. The number of anilines is 1. The fraction of sp³-hybridized carbons (Fsp3) is 0.600. The van der Waals surface area contributed by atoms with Crippen LogP contribution >= 0.6 is 11.8 Å². The van der Waals surface area contributed by atoms with Gasteiger partial charge in [-0.1, -0.05) is 26.0 Å². The first-order chi connectivity index (χ1) is 9.22. The third kappa shape index (κ3) is 3.00. The standard InChI is InChI=1S/C15H22N2OS/c1-11-8-17(9-12(2)19-11)10-13-4-3-5-14-15(13)18-7-6-16-14/h3-5,11-12,16H,6-10H2,1-2H3. The molecule has 1 aromatic carbocycles. The molecule has 0 amide bonds. The molecule has 2 atom stereocenters. The smallest absolute Gasteiger partial charge is 0.146 e. The van der Waals surface area contributed by atoms with Crippen LogP contribution in [0.2, 0.25) is 0 Å². The van der Waals surface area contributed by atoms with Gasteiger partial charge in [0.15, 0.2) is 0 Å². The van der Waals surface area contributed by atoms with Crippen molar-refractivity contribution >= 4 is 17.4 Å². The molecule has 0 aromatic heterocycles. The third-order valence-electron chi connectivity index (χ3n) is 3.65. The van der Waals surface area contributed by atoms with E-state index in [-0.39, 0.29) is 0 Å². The average Bonchev–Trinajstić information content (AvgIpc) is 2.38. The minimum absolute atomic E-state index is 0.724. The molecule has 1 N–H and O–H groups in total. The number of nitrogens with one attached hydrogen (secondary N) is 1. The van der Waals surface area contributed by atoms with E-state index >= 15 is 0 Å². The second-order valence-corrected chi connectivity index (χ2v) is 7.40. The lowest BCUT2D eigenvalue weighted by atomic mass is 10.1. The summed E-state index contributed by atoms with van der Waals surface area (Å²) < 4.78 is 5.86. The van der Waals surface area contributed by atoms with Gasteiger partial charge < -0.3 is 10.1 Å². The number of benzene rings is 1. The molecule has 4 heteroatoms. The number of para-hydroxylation sites is 1. The normalized spacial score (nSPS) is 27.3. The zero-order chi connectivity index (χ0) is 13.2. The number of ether oxygens (including phenoxy) is 1. The Kier molecular flexibility index (Phi) is 3.89. The van der Waals surface area contributed by atoms with E-state index in [2.05, 4.69) is 54.0 Å². The van der Waals surface area contributed by atoms with Gasteiger partial charge in [-0.25, -0.2) is 0 Å². The quantitative estimate of drug-likeness (QED) is 0.899. The molecule has 104 valence electrons. The molecule has 2 aliphatic rings. The molecular weight excluding hydrogens is 256 g/mol. The number of nitrogens with zero attached hydrogens (tertiary/aromatic N) is 1. The van der Waals surface area contributed by atoms with E-state index in [1.54, 1.807) is 0 Å². The Balaban J connectivity index is 1.76. The van der Waals surface area contributed by atoms with Crippen LogP contribution in [0.1, 0.15) is 19.4 Å². The average molecular weight is 278 g/mol. The molecule has 19 heavy (non-hydrogen) atoms. The van der Waals surface area contributed by atoms with Crippen LogP contribution in [-0.2, 0) is 6.54 Å². The largest absolute Gasteiger partial charge is 0.489 e. The van der Waals surface area contributed by atoms with Gasteiger partial charge in [-0.15, -0.1) is 0 Å². The summed E-state index contributed by atoms with van der Waals surface area (Å²) in [4.78, 5) is 2.55. The van der Waals surface area contributed by atoms with Crippen molar-refractivity contribution in [3.8, 4) is 5.75 Å². The fourth-order valence-electron chi connectivity index (χ4n) is 3.01. The SMILES string of the molecule is CC1CN(Cc2cccc3c2OCCN3)CC(C)S1. The zero-order valence-corrected chi connectivity index (χ0v) is 12.5. The highest BCUT2D eigenvalue weighted by Crippen LogP contribution is 2.33. The summed E-state index contributed by atoms with van der Waals surface area (Å²) in [6.07, 6.45) is 0. The maximum absolute atomic E-state index is 5.86. The van der Waals surface area contributed by atoms with Gasteiger partial charge in [0.1, 0.15) is 12.4 Å². The molecule has 1 aromatic rings. The Bertz CT molecular complexity index is 442. The van der Waals surface area contributed by atoms with Crippen molar-refractivity contribution in [1.29, 1.82) is 0 Å². The first-order valence-corrected chi connectivity index (χ1v) is 8.03. The molecule has 0 spiro atoms. The molecule has 3 rings (SSSR count). The lowest BCUT2D eigenvalue weighted by Crippen LogP contribution is -2.39. The molecule has 1 fully saturated rings. The monoisotopic (exact) mass is 278 g/mol. The van der Waals surface area contributed by atoms with E-state index in [1.807, 2.05) is 0 Å². The predicted octanol–water partition coefficient (Wildman–Crippen LogP) is 2.82. The van der Waals surface area contributed by atoms with E-state index in [0.717, 1.165) is 41.6 Å². The summed E-state index contributed by atoms with van der Waals surface area (Å²) >= 11 is 2.10. The van der Waals surface area contributed by atoms with Gasteiger partial charge in [0.25, 0.3) is 0 Å². The third-order valence-corrected chi connectivity index (χ3v) is 4.88.